The second-order valence-electron chi connectivity index (χ2n) is 5.92. The van der Waals surface area contributed by atoms with Gasteiger partial charge in [-0.05, 0) is 32.3 Å². The molecule has 0 fully saturated rings. The normalized spacial score (nSPS) is 21.4. The fourth-order valence-corrected chi connectivity index (χ4v) is 4.69. The number of aryl methyl sites for hydroxylation is 1. The van der Waals surface area contributed by atoms with Crippen molar-refractivity contribution in [3.8, 4) is 0 Å². The number of anilines is 1. The quantitative estimate of drug-likeness (QED) is 0.604. The zero-order valence-corrected chi connectivity index (χ0v) is 15.0. The van der Waals surface area contributed by atoms with Crippen LogP contribution in [-0.4, -0.2) is 17.6 Å². The molecule has 0 spiro atoms. The van der Waals surface area contributed by atoms with E-state index in [1.807, 2.05) is 19.1 Å². The maximum absolute atomic E-state index is 6.35. The predicted octanol–water partition coefficient (Wildman–Crippen LogP) is 5.01. The Kier molecular flexibility index (Phi) is 5.05. The molecule has 122 valence electrons. The molecule has 0 aliphatic heterocycles. The minimum absolute atomic E-state index is 0.182. The minimum atomic E-state index is 0.182. The molecule has 0 bridgehead atoms. The zero-order valence-electron chi connectivity index (χ0n) is 13.5. The van der Waals surface area contributed by atoms with Gasteiger partial charge >= 0.3 is 0 Å². The van der Waals surface area contributed by atoms with Gasteiger partial charge in [-0.3, -0.25) is 0 Å². The van der Waals surface area contributed by atoms with Crippen molar-refractivity contribution >= 4 is 38.8 Å². The molecule has 2 aromatic heterocycles. The summed E-state index contributed by atoms with van der Waals surface area (Å²) in [6, 6.07) is 2.09. The lowest BCUT2D eigenvalue weighted by atomic mass is 9.87. The number of nitrogens with one attached hydrogen (secondary N) is 1. The number of hydrogen-bond donors (Lipinski definition) is 2. The third-order valence-electron chi connectivity index (χ3n) is 4.34. The van der Waals surface area contributed by atoms with Crippen molar-refractivity contribution in [3.63, 3.8) is 0 Å². The second-order valence-corrected chi connectivity index (χ2v) is 7.36. The Bertz CT molecular complexity index is 763. The van der Waals surface area contributed by atoms with Crippen molar-refractivity contribution in [2.75, 3.05) is 11.9 Å². The average Bonchev–Trinajstić information content (AvgIpc) is 2.85. The van der Waals surface area contributed by atoms with E-state index in [9.17, 15) is 0 Å². The van der Waals surface area contributed by atoms with E-state index in [1.165, 1.54) is 15.1 Å². The van der Waals surface area contributed by atoms with E-state index in [0.29, 0.717) is 11.1 Å². The lowest BCUT2D eigenvalue weighted by Gasteiger charge is -2.24. The van der Waals surface area contributed by atoms with Gasteiger partial charge in [0.05, 0.1) is 15.9 Å². The molecule has 0 amide bonds. The van der Waals surface area contributed by atoms with Crippen LogP contribution in [0.5, 0.6) is 0 Å². The van der Waals surface area contributed by atoms with E-state index in [1.54, 1.807) is 11.3 Å². The number of nitrogens with two attached hydrogens (primary N) is 1. The Balaban J connectivity index is 2.06. The number of pyridine rings is 1. The molecule has 2 aromatic rings. The summed E-state index contributed by atoms with van der Waals surface area (Å²) in [6.45, 7) is 4.93. The molecule has 2 heterocycles. The maximum atomic E-state index is 6.35. The third-order valence-corrected chi connectivity index (χ3v) is 5.98. The smallest absolute Gasteiger partial charge is 0.131 e. The van der Waals surface area contributed by atoms with Gasteiger partial charge in [0.1, 0.15) is 5.15 Å². The van der Waals surface area contributed by atoms with Crippen LogP contribution in [0.1, 0.15) is 36.1 Å². The van der Waals surface area contributed by atoms with Gasteiger partial charge in [0.15, 0.2) is 0 Å². The lowest BCUT2D eigenvalue weighted by Crippen LogP contribution is -2.29. The summed E-state index contributed by atoms with van der Waals surface area (Å²) in [4.78, 5) is 5.91. The van der Waals surface area contributed by atoms with Crippen molar-refractivity contribution in [1.82, 2.24) is 4.98 Å². The highest BCUT2D eigenvalue weighted by Gasteiger charge is 2.26. The van der Waals surface area contributed by atoms with Gasteiger partial charge in [-0.1, -0.05) is 35.9 Å². The van der Waals surface area contributed by atoms with Crippen LogP contribution in [0.25, 0.3) is 10.2 Å². The van der Waals surface area contributed by atoms with Crippen LogP contribution in [0.2, 0.25) is 5.15 Å². The molecule has 1 aliphatic rings. The highest BCUT2D eigenvalue weighted by molar-refractivity contribution is 7.20. The average molecular weight is 348 g/mol. The summed E-state index contributed by atoms with van der Waals surface area (Å²) in [6.07, 6.45) is 10.5. The van der Waals surface area contributed by atoms with Crippen molar-refractivity contribution in [2.24, 2.45) is 5.73 Å². The molecule has 2 atom stereocenters. The van der Waals surface area contributed by atoms with Gasteiger partial charge < -0.3 is 11.1 Å². The largest absolute Gasteiger partial charge is 0.380 e. The SMILES string of the molecule is C/C=C/CNc1cc(Cl)nc2c(C)c([C@H]3CC=CC[C@@H]3N)sc12. The predicted molar refractivity (Wildman–Crippen MR) is 102 cm³/mol. The van der Waals surface area contributed by atoms with Gasteiger partial charge in [0.25, 0.3) is 0 Å². The van der Waals surface area contributed by atoms with Gasteiger partial charge in [0.2, 0.25) is 0 Å². The van der Waals surface area contributed by atoms with Crippen LogP contribution in [-0.2, 0) is 0 Å². The summed E-state index contributed by atoms with van der Waals surface area (Å²) in [5.74, 6) is 0.376. The van der Waals surface area contributed by atoms with Crippen molar-refractivity contribution in [2.45, 2.75) is 38.6 Å². The number of thiophene rings is 1. The highest BCUT2D eigenvalue weighted by atomic mass is 35.5. The Labute approximate surface area is 146 Å². The van der Waals surface area contributed by atoms with Crippen LogP contribution < -0.4 is 11.1 Å². The third kappa shape index (κ3) is 3.30. The molecular weight excluding hydrogens is 326 g/mol. The van der Waals surface area contributed by atoms with Crippen molar-refractivity contribution < 1.29 is 0 Å². The van der Waals surface area contributed by atoms with Crippen LogP contribution >= 0.6 is 22.9 Å². The summed E-state index contributed by atoms with van der Waals surface area (Å²) in [5.41, 5.74) is 9.63. The molecule has 0 saturated carbocycles. The van der Waals surface area contributed by atoms with Gasteiger partial charge in [0, 0.05) is 29.4 Å². The molecule has 0 unspecified atom stereocenters. The summed E-state index contributed by atoms with van der Waals surface area (Å²) in [7, 11) is 0. The van der Waals surface area contributed by atoms with E-state index in [0.717, 1.165) is 30.6 Å². The summed E-state index contributed by atoms with van der Waals surface area (Å²) >= 11 is 8.04. The first-order chi connectivity index (χ1) is 11.1. The number of fused-ring (bicyclic) bond motifs is 1. The van der Waals surface area contributed by atoms with Gasteiger partial charge in [-0.2, -0.15) is 0 Å². The molecule has 3 N–H and O–H groups in total. The molecular formula is C18H22ClN3S. The Morgan fingerprint density at radius 2 is 2.22 bits per heavy atom. The fraction of sp³-hybridized carbons (Fsp3) is 0.389. The Morgan fingerprint density at radius 1 is 1.43 bits per heavy atom. The van der Waals surface area contributed by atoms with Gasteiger partial charge in [-0.25, -0.2) is 4.98 Å². The number of allylic oxidation sites excluding steroid dienone is 2. The first-order valence-corrected chi connectivity index (χ1v) is 9.16. The first-order valence-electron chi connectivity index (χ1n) is 7.97. The second kappa shape index (κ2) is 7.04. The van der Waals surface area contributed by atoms with E-state index in [2.05, 4.69) is 35.5 Å². The molecule has 5 heteroatoms. The molecule has 3 rings (SSSR count). The van der Waals surface area contributed by atoms with E-state index in [4.69, 9.17) is 17.3 Å². The zero-order chi connectivity index (χ0) is 16.4. The maximum Gasteiger partial charge on any atom is 0.131 e. The van der Waals surface area contributed by atoms with E-state index in [-0.39, 0.29) is 6.04 Å². The Hall–Kier alpha value is -1.36. The molecule has 0 radical (unpaired) electrons. The van der Waals surface area contributed by atoms with E-state index < -0.39 is 0 Å². The number of aromatic nitrogens is 1. The first kappa shape index (κ1) is 16.5. The van der Waals surface area contributed by atoms with Crippen LogP contribution in [0, 0.1) is 6.92 Å². The Morgan fingerprint density at radius 3 is 2.96 bits per heavy atom. The van der Waals surface area contributed by atoms with Crippen LogP contribution in [0.4, 0.5) is 5.69 Å². The van der Waals surface area contributed by atoms with Gasteiger partial charge in [-0.15, -0.1) is 11.3 Å². The minimum Gasteiger partial charge on any atom is -0.380 e. The fourth-order valence-electron chi connectivity index (χ4n) is 3.07. The standard InChI is InChI=1S/C18H22ClN3S/c1-3-4-9-21-14-10-15(19)22-16-11(2)17(23-18(14)16)12-7-5-6-8-13(12)20/h3-6,10,12-13H,7-9,20H2,1-2H3,(H,21,22)/b4-3+/t12-,13-/m0/s1. The summed E-state index contributed by atoms with van der Waals surface area (Å²) < 4.78 is 1.17. The topological polar surface area (TPSA) is 50.9 Å². The monoisotopic (exact) mass is 347 g/mol. The summed E-state index contributed by atoms with van der Waals surface area (Å²) in [5, 5.41) is 3.97. The number of hydrogen-bond acceptors (Lipinski definition) is 4. The number of halogens is 1. The molecule has 1 aliphatic carbocycles. The van der Waals surface area contributed by atoms with E-state index >= 15 is 0 Å². The van der Waals surface area contributed by atoms with Crippen LogP contribution in [0.15, 0.2) is 30.4 Å². The molecule has 23 heavy (non-hydrogen) atoms. The number of nitrogens with zero attached hydrogens (tertiary/aromatic N) is 1. The van der Waals surface area contributed by atoms with Crippen molar-refractivity contribution in [1.29, 1.82) is 0 Å². The number of rotatable bonds is 4. The van der Waals surface area contributed by atoms with Crippen molar-refractivity contribution in [3.05, 3.63) is 46.0 Å². The van der Waals surface area contributed by atoms with Crippen LogP contribution in [0.3, 0.4) is 0 Å². The molecule has 0 aromatic carbocycles. The molecule has 3 nitrogen and oxygen atoms in total. The molecule has 0 saturated heterocycles. The lowest BCUT2D eigenvalue weighted by molar-refractivity contribution is 0.526. The highest BCUT2D eigenvalue weighted by Crippen LogP contribution is 2.42.